The minimum absolute atomic E-state index is 0.0313. The van der Waals surface area contributed by atoms with Gasteiger partial charge in [0.25, 0.3) is 0 Å². The number of carbonyl (C=O) groups excluding carboxylic acids is 4. The zero-order chi connectivity index (χ0) is 52.6. The highest BCUT2D eigenvalue weighted by atomic mass is 28.4. The second-order valence-electron chi connectivity index (χ2n) is 20.1. The van der Waals surface area contributed by atoms with Crippen LogP contribution >= 0.6 is 0 Å². The molecule has 1 N–H and O–H groups in total. The minimum Gasteiger partial charge on any atom is -0.459 e. The van der Waals surface area contributed by atoms with Crippen LogP contribution in [-0.2, 0) is 44.3 Å². The summed E-state index contributed by atoms with van der Waals surface area (Å²) in [5, 5.41) is 2.76. The van der Waals surface area contributed by atoms with Crippen molar-refractivity contribution in [2.45, 2.75) is 176 Å². The van der Waals surface area contributed by atoms with Crippen LogP contribution in [0.4, 0.5) is 31.5 Å². The predicted molar refractivity (Wildman–Crippen MR) is 253 cm³/mol. The fourth-order valence-electron chi connectivity index (χ4n) is 8.59. The summed E-state index contributed by atoms with van der Waals surface area (Å²) in [5.41, 5.74) is 0.0520. The number of benzene rings is 2. The summed E-state index contributed by atoms with van der Waals surface area (Å²) in [7, 11) is -1.59. The third-order valence-corrected chi connectivity index (χ3v) is 17.9. The number of amides is 2. The third kappa shape index (κ3) is 17.8. The maximum absolute atomic E-state index is 14.6. The number of unbranched alkanes of at least 4 members (excludes halogenated alkanes) is 1. The topological polar surface area (TPSA) is 148 Å². The molecule has 0 bridgehead atoms. The third-order valence-electron chi connectivity index (χ3n) is 11.8. The van der Waals surface area contributed by atoms with Crippen molar-refractivity contribution >= 4 is 32.4 Å². The average Bonchev–Trinajstić information content (AvgIpc) is 3.26. The van der Waals surface area contributed by atoms with Crippen molar-refractivity contribution in [1.29, 1.82) is 0 Å². The first-order valence-electron chi connectivity index (χ1n) is 23.8. The van der Waals surface area contributed by atoms with Crippen LogP contribution in [0.15, 0.2) is 30.3 Å². The average molecular weight is 1010 g/mol. The van der Waals surface area contributed by atoms with Crippen molar-refractivity contribution in [3.8, 4) is 5.75 Å². The summed E-state index contributed by atoms with van der Waals surface area (Å²) in [6, 6.07) is 8.49. The molecule has 69 heavy (non-hydrogen) atoms. The molecule has 19 heteroatoms. The van der Waals surface area contributed by atoms with E-state index >= 15 is 0 Å². The standard InChI is InChI=1S/C50H77F5N2O11Si/c1-29(2)25-36(57(49(61)67-50(12,13)14)24-20-19-23-56-48(60)63-27-35-21-17-16-18-22-35)37(68-69(31(5)6,32(7)8)33(9)10)26-38(58)65-44(30(3)4)45(64-28-62-15)34(11)47(59)66-46-42(54)40(52)39(51)41(53)43(46)55/h16-18,21-22,29-34,36-37,44-45H,19-20,23-28H2,1-15H3,(H,56,60)/t34-,36+,37-,44-,45-/m0/s1. The molecule has 0 aliphatic carbocycles. The first-order chi connectivity index (χ1) is 32.1. The molecule has 392 valence electrons. The molecular formula is C50H77F5N2O11Si. The largest absolute Gasteiger partial charge is 0.459 e. The Balaban J connectivity index is 2.63. The Morgan fingerprint density at radius 2 is 1.30 bits per heavy atom. The van der Waals surface area contributed by atoms with Gasteiger partial charge in [0.15, 0.2) is 0 Å². The molecular weight excluding hydrogens is 928 g/mol. The van der Waals surface area contributed by atoms with Gasteiger partial charge < -0.3 is 43.1 Å². The molecule has 13 nitrogen and oxygen atoms in total. The van der Waals surface area contributed by atoms with E-state index in [1.54, 1.807) is 39.5 Å². The van der Waals surface area contributed by atoms with E-state index in [0.29, 0.717) is 19.3 Å². The van der Waals surface area contributed by atoms with E-state index in [0.717, 1.165) is 5.56 Å². The normalized spacial score (nSPS) is 14.4. The lowest BCUT2D eigenvalue weighted by Gasteiger charge is -2.48. The first kappa shape index (κ1) is 60.8. The van der Waals surface area contributed by atoms with Crippen molar-refractivity contribution in [1.82, 2.24) is 10.2 Å². The molecule has 0 fully saturated rings. The van der Waals surface area contributed by atoms with Crippen LogP contribution in [0, 0.1) is 46.8 Å². The van der Waals surface area contributed by atoms with Gasteiger partial charge in [-0.3, -0.25) is 9.59 Å². The quantitative estimate of drug-likeness (QED) is 0.0105. The van der Waals surface area contributed by atoms with Crippen LogP contribution in [0.1, 0.15) is 128 Å². The van der Waals surface area contributed by atoms with Crippen molar-refractivity contribution in [2.75, 3.05) is 27.0 Å². The molecule has 0 unspecified atom stereocenters. The van der Waals surface area contributed by atoms with E-state index < -0.39 is 122 Å². The van der Waals surface area contributed by atoms with Crippen molar-refractivity contribution < 1.29 is 74.0 Å². The molecule has 0 saturated carbocycles. The highest BCUT2D eigenvalue weighted by molar-refractivity contribution is 6.77. The first-order valence-corrected chi connectivity index (χ1v) is 25.9. The number of nitrogens with zero attached hydrogens (tertiary/aromatic N) is 1. The predicted octanol–water partition coefficient (Wildman–Crippen LogP) is 11.8. The van der Waals surface area contributed by atoms with E-state index in [1.165, 1.54) is 14.0 Å². The van der Waals surface area contributed by atoms with Gasteiger partial charge in [-0.25, -0.2) is 22.8 Å². The fraction of sp³-hybridized carbons (Fsp3) is 0.680. The molecule has 2 rings (SSSR count). The lowest BCUT2D eigenvalue weighted by atomic mass is 9.92. The highest BCUT2D eigenvalue weighted by Crippen LogP contribution is 2.44. The minimum atomic E-state index is -2.87. The molecule has 0 radical (unpaired) electrons. The van der Waals surface area contributed by atoms with Gasteiger partial charge in [0.05, 0.1) is 24.5 Å². The Kier molecular flexibility index (Phi) is 24.6. The summed E-state index contributed by atoms with van der Waals surface area (Å²) < 4.78 is 112. The van der Waals surface area contributed by atoms with Crippen molar-refractivity contribution in [2.24, 2.45) is 17.8 Å². The Bertz CT molecular complexity index is 1900. The molecule has 0 saturated heterocycles. The van der Waals surface area contributed by atoms with Crippen molar-refractivity contribution in [3.63, 3.8) is 0 Å². The summed E-state index contributed by atoms with van der Waals surface area (Å²) >= 11 is 0. The number of carbonyl (C=O) groups is 4. The van der Waals surface area contributed by atoms with Crippen LogP contribution in [0.25, 0.3) is 0 Å². The highest BCUT2D eigenvalue weighted by Gasteiger charge is 2.50. The van der Waals surface area contributed by atoms with E-state index in [2.05, 4.69) is 46.9 Å². The number of halogens is 5. The van der Waals surface area contributed by atoms with E-state index in [1.807, 2.05) is 44.2 Å². The molecule has 0 aliphatic heterocycles. The van der Waals surface area contributed by atoms with Gasteiger partial charge in [0.1, 0.15) is 31.2 Å². The lowest BCUT2D eigenvalue weighted by molar-refractivity contribution is -0.185. The van der Waals surface area contributed by atoms with Crippen LogP contribution < -0.4 is 10.1 Å². The van der Waals surface area contributed by atoms with Gasteiger partial charge >= 0.3 is 24.1 Å². The Labute approximate surface area is 406 Å². The number of alkyl carbamates (subject to hydrolysis) is 1. The van der Waals surface area contributed by atoms with Gasteiger partial charge in [0, 0.05) is 20.2 Å². The maximum Gasteiger partial charge on any atom is 0.410 e. The Morgan fingerprint density at radius 3 is 1.80 bits per heavy atom. The van der Waals surface area contributed by atoms with Crippen LogP contribution in [0.3, 0.4) is 0 Å². The zero-order valence-electron chi connectivity index (χ0n) is 43.1. The SMILES string of the molecule is COCO[C@@H]([C@H](C)C(=O)Oc1c(F)c(F)c(F)c(F)c1F)[C@@H](OC(=O)C[C@H](O[Si](C(C)C)(C(C)C)C(C)C)[C@@H](CC(C)C)N(CCCCNC(=O)OCc1ccccc1)C(=O)OC(C)(C)C)C(C)C. The number of hydrogen-bond donors (Lipinski definition) is 1. The second kappa shape index (κ2) is 27.9. The zero-order valence-corrected chi connectivity index (χ0v) is 44.1. The molecule has 2 aromatic carbocycles. The number of rotatable bonds is 27. The lowest BCUT2D eigenvalue weighted by Crippen LogP contribution is -2.57. The van der Waals surface area contributed by atoms with Gasteiger partial charge in [-0.1, -0.05) is 99.6 Å². The molecule has 0 aliphatic rings. The monoisotopic (exact) mass is 1000 g/mol. The van der Waals surface area contributed by atoms with Crippen LogP contribution in [0.2, 0.25) is 16.6 Å². The van der Waals surface area contributed by atoms with Gasteiger partial charge in [0.2, 0.25) is 43.2 Å². The van der Waals surface area contributed by atoms with E-state index in [4.69, 9.17) is 32.8 Å². The molecule has 0 aromatic heterocycles. The smallest absolute Gasteiger partial charge is 0.410 e. The molecule has 2 amide bonds. The number of esters is 2. The van der Waals surface area contributed by atoms with Crippen LogP contribution in [-0.4, -0.2) is 94.3 Å². The van der Waals surface area contributed by atoms with E-state index in [9.17, 15) is 41.1 Å². The second-order valence-corrected chi connectivity index (χ2v) is 25.5. The van der Waals surface area contributed by atoms with Gasteiger partial charge in [-0.15, -0.1) is 0 Å². The summed E-state index contributed by atoms with van der Waals surface area (Å²) in [4.78, 5) is 56.7. The van der Waals surface area contributed by atoms with Gasteiger partial charge in [-0.05, 0) is 81.0 Å². The Morgan fingerprint density at radius 1 is 0.754 bits per heavy atom. The number of hydrogen-bond acceptors (Lipinski definition) is 11. The Hall–Kier alpha value is -4.33. The maximum atomic E-state index is 14.6. The van der Waals surface area contributed by atoms with E-state index in [-0.39, 0.29) is 42.2 Å². The van der Waals surface area contributed by atoms with Crippen molar-refractivity contribution in [3.05, 3.63) is 65.0 Å². The summed E-state index contributed by atoms with van der Waals surface area (Å²) in [6.45, 7) is 26.3. The molecule has 0 heterocycles. The number of ether oxygens (including phenoxy) is 6. The van der Waals surface area contributed by atoms with Gasteiger partial charge in [-0.2, -0.15) is 8.78 Å². The summed E-state index contributed by atoms with van der Waals surface area (Å²) in [5.74, 6) is -18.0. The van der Waals surface area contributed by atoms with Crippen LogP contribution in [0.5, 0.6) is 5.75 Å². The number of nitrogens with one attached hydrogen (secondary N) is 1. The molecule has 2 aromatic rings. The fourth-order valence-corrected chi connectivity index (χ4v) is 14.2. The summed E-state index contributed by atoms with van der Waals surface area (Å²) in [6.07, 6.45) is -4.08. The molecule has 0 spiro atoms. The molecule has 5 atom stereocenters. The number of methoxy groups -OCH3 is 1.